The lowest BCUT2D eigenvalue weighted by Crippen LogP contribution is -1.79. The molecule has 0 aromatic carbocycles. The molecule has 0 aliphatic rings. The predicted molar refractivity (Wildman–Crippen MR) is 42.7 cm³/mol. The Morgan fingerprint density at radius 2 is 1.89 bits per heavy atom. The molecule has 0 atom stereocenters. The Balaban J connectivity index is 3.84. The first kappa shape index (κ1) is 8.15. The van der Waals surface area contributed by atoms with E-state index in [1.165, 1.54) is 0 Å². The van der Waals surface area contributed by atoms with E-state index in [1.807, 2.05) is 39.0 Å². The third kappa shape index (κ3) is 5.01. The molecular weight excluding hydrogens is 110 g/mol. The quantitative estimate of drug-likeness (QED) is 0.500. The van der Waals surface area contributed by atoms with Gasteiger partial charge in [-0.2, -0.15) is 0 Å². The van der Waals surface area contributed by atoms with Crippen molar-refractivity contribution in [1.82, 2.24) is 0 Å². The maximum Gasteiger partial charge on any atom is 0.0369 e. The fraction of sp³-hybridized carbons (Fsp3) is 0.375. The zero-order valence-electron chi connectivity index (χ0n) is 6.26. The molecule has 0 heterocycles. The highest BCUT2D eigenvalue weighted by atomic mass is 14.7. The third-order valence-electron chi connectivity index (χ3n) is 0.835. The number of hydrogen-bond acceptors (Lipinski definition) is 1. The molecule has 50 valence electrons. The van der Waals surface area contributed by atoms with Crippen LogP contribution in [0.5, 0.6) is 0 Å². The minimum Gasteiger partial charge on any atom is -0.262 e. The lowest BCUT2D eigenvalue weighted by atomic mass is 10.4. The Kier molecular flexibility index (Phi) is 4.79. The number of nitrogens with zero attached hydrogens (tertiary/aromatic N) is 1. The highest BCUT2D eigenvalue weighted by molar-refractivity contribution is 5.93. The highest BCUT2D eigenvalue weighted by Crippen LogP contribution is 1.82. The highest BCUT2D eigenvalue weighted by Gasteiger charge is 1.74. The van der Waals surface area contributed by atoms with Gasteiger partial charge in [0.25, 0.3) is 0 Å². The van der Waals surface area contributed by atoms with Gasteiger partial charge in [0.15, 0.2) is 0 Å². The third-order valence-corrected chi connectivity index (χ3v) is 0.835. The summed E-state index contributed by atoms with van der Waals surface area (Å²) in [6.45, 7) is 5.90. The summed E-state index contributed by atoms with van der Waals surface area (Å²) < 4.78 is 0. The van der Waals surface area contributed by atoms with Crippen molar-refractivity contribution in [2.75, 3.05) is 0 Å². The van der Waals surface area contributed by atoms with Crippen LogP contribution in [0.1, 0.15) is 20.8 Å². The van der Waals surface area contributed by atoms with Gasteiger partial charge in [-0.1, -0.05) is 12.2 Å². The molecule has 0 saturated heterocycles. The summed E-state index contributed by atoms with van der Waals surface area (Å²) in [6, 6.07) is 0. The number of hydrogen-bond donors (Lipinski definition) is 0. The summed E-state index contributed by atoms with van der Waals surface area (Å²) in [7, 11) is 0. The van der Waals surface area contributed by atoms with Crippen LogP contribution >= 0.6 is 0 Å². The first-order chi connectivity index (χ1) is 4.31. The van der Waals surface area contributed by atoms with E-state index in [0.29, 0.717) is 0 Å². The Morgan fingerprint density at radius 3 is 2.33 bits per heavy atom. The molecule has 0 amide bonds. The van der Waals surface area contributed by atoms with Crippen LogP contribution in [0.25, 0.3) is 0 Å². The molecular formula is C8H13N. The molecule has 0 unspecified atom stereocenters. The topological polar surface area (TPSA) is 12.4 Å². The van der Waals surface area contributed by atoms with Gasteiger partial charge >= 0.3 is 0 Å². The number of allylic oxidation sites excluding steroid dienone is 3. The molecule has 0 saturated carbocycles. The van der Waals surface area contributed by atoms with Gasteiger partial charge in [-0.3, -0.25) is 4.99 Å². The average Bonchev–Trinajstić information content (AvgIpc) is 1.85. The van der Waals surface area contributed by atoms with Crippen LogP contribution < -0.4 is 0 Å². The smallest absolute Gasteiger partial charge is 0.0369 e. The molecule has 1 nitrogen and oxygen atoms in total. The van der Waals surface area contributed by atoms with Crippen molar-refractivity contribution in [2.24, 2.45) is 4.99 Å². The maximum atomic E-state index is 4.08. The first-order valence-corrected chi connectivity index (χ1v) is 3.09. The Labute approximate surface area is 56.8 Å². The molecule has 0 aromatic heterocycles. The van der Waals surface area contributed by atoms with Crippen LogP contribution in [0, 0.1) is 0 Å². The van der Waals surface area contributed by atoms with E-state index in [0.717, 1.165) is 5.71 Å². The summed E-state index contributed by atoms with van der Waals surface area (Å²) in [6.07, 6.45) is 7.64. The summed E-state index contributed by atoms with van der Waals surface area (Å²) in [4.78, 5) is 4.08. The van der Waals surface area contributed by atoms with Crippen molar-refractivity contribution >= 4 is 5.71 Å². The van der Waals surface area contributed by atoms with Crippen molar-refractivity contribution in [3.8, 4) is 0 Å². The first-order valence-electron chi connectivity index (χ1n) is 3.09. The Bertz CT molecular complexity index is 141. The summed E-state index contributed by atoms with van der Waals surface area (Å²) >= 11 is 0. The van der Waals surface area contributed by atoms with Crippen molar-refractivity contribution in [1.29, 1.82) is 0 Å². The normalized spacial score (nSPS) is 13.9. The van der Waals surface area contributed by atoms with E-state index in [2.05, 4.69) is 4.99 Å². The van der Waals surface area contributed by atoms with Crippen LogP contribution in [0.3, 0.4) is 0 Å². The minimum atomic E-state index is 1.04. The van der Waals surface area contributed by atoms with E-state index in [1.54, 1.807) is 6.20 Å². The van der Waals surface area contributed by atoms with Crippen LogP contribution in [-0.2, 0) is 0 Å². The molecule has 0 aromatic rings. The molecule has 0 spiro atoms. The molecule has 9 heavy (non-hydrogen) atoms. The molecule has 1 heteroatoms. The zero-order chi connectivity index (χ0) is 7.11. The van der Waals surface area contributed by atoms with Crippen molar-refractivity contribution < 1.29 is 0 Å². The van der Waals surface area contributed by atoms with Gasteiger partial charge < -0.3 is 0 Å². The molecule has 0 aliphatic heterocycles. The van der Waals surface area contributed by atoms with Crippen LogP contribution in [0.4, 0.5) is 0 Å². The molecule has 0 rings (SSSR count). The monoisotopic (exact) mass is 123 g/mol. The van der Waals surface area contributed by atoms with E-state index in [4.69, 9.17) is 0 Å². The lowest BCUT2D eigenvalue weighted by Gasteiger charge is -1.83. The fourth-order valence-electron chi connectivity index (χ4n) is 0.476. The average molecular weight is 123 g/mol. The van der Waals surface area contributed by atoms with Gasteiger partial charge in [0.2, 0.25) is 0 Å². The molecule has 0 N–H and O–H groups in total. The van der Waals surface area contributed by atoms with E-state index < -0.39 is 0 Å². The Hall–Kier alpha value is -0.850. The lowest BCUT2D eigenvalue weighted by molar-refractivity contribution is 1.50. The molecule has 0 fully saturated rings. The van der Waals surface area contributed by atoms with Gasteiger partial charge in [-0.15, -0.1) is 0 Å². The van der Waals surface area contributed by atoms with E-state index in [9.17, 15) is 0 Å². The van der Waals surface area contributed by atoms with Crippen LogP contribution in [0.15, 0.2) is 29.4 Å². The number of rotatable bonds is 2. The molecule has 0 aliphatic carbocycles. The van der Waals surface area contributed by atoms with Gasteiger partial charge in [0.1, 0.15) is 0 Å². The second kappa shape index (κ2) is 5.29. The summed E-state index contributed by atoms with van der Waals surface area (Å²) in [5.74, 6) is 0. The maximum absolute atomic E-state index is 4.08. The predicted octanol–water partition coefficient (Wildman–Crippen LogP) is 2.56. The minimum absolute atomic E-state index is 1.04. The molecule has 0 bridgehead atoms. The van der Waals surface area contributed by atoms with Crippen LogP contribution in [0.2, 0.25) is 0 Å². The van der Waals surface area contributed by atoms with Gasteiger partial charge in [0.05, 0.1) is 0 Å². The van der Waals surface area contributed by atoms with E-state index >= 15 is 0 Å². The SMILES string of the molecule is C\C=C/N=C(C)/C=C/C. The Morgan fingerprint density at radius 1 is 1.22 bits per heavy atom. The zero-order valence-corrected chi connectivity index (χ0v) is 6.26. The van der Waals surface area contributed by atoms with Crippen LogP contribution in [-0.4, -0.2) is 5.71 Å². The van der Waals surface area contributed by atoms with Crippen molar-refractivity contribution in [3.05, 3.63) is 24.4 Å². The summed E-state index contributed by atoms with van der Waals surface area (Å²) in [5, 5.41) is 0. The van der Waals surface area contributed by atoms with Gasteiger partial charge in [-0.05, 0) is 26.8 Å². The molecule has 0 radical (unpaired) electrons. The fourth-order valence-corrected chi connectivity index (χ4v) is 0.476. The van der Waals surface area contributed by atoms with Gasteiger partial charge in [-0.25, -0.2) is 0 Å². The second-order valence-electron chi connectivity index (χ2n) is 1.75. The van der Waals surface area contributed by atoms with E-state index in [-0.39, 0.29) is 0 Å². The summed E-state index contributed by atoms with van der Waals surface area (Å²) in [5.41, 5.74) is 1.04. The standard InChI is InChI=1S/C8H13N/c1-4-6-8(3)9-7-5-2/h4-7H,1-3H3/b6-4+,7-5-,9-8+. The number of aliphatic imine (C=N–C) groups is 1. The largest absolute Gasteiger partial charge is 0.262 e. The van der Waals surface area contributed by atoms with Crippen molar-refractivity contribution in [3.63, 3.8) is 0 Å². The van der Waals surface area contributed by atoms with Gasteiger partial charge in [0, 0.05) is 11.9 Å². The van der Waals surface area contributed by atoms with Crippen molar-refractivity contribution in [2.45, 2.75) is 20.8 Å². The second-order valence-corrected chi connectivity index (χ2v) is 1.75.